The van der Waals surface area contributed by atoms with Gasteiger partial charge in [0.15, 0.2) is 0 Å². The molecule has 2 N–H and O–H groups in total. The van der Waals surface area contributed by atoms with E-state index in [-0.39, 0.29) is 25.1 Å². The summed E-state index contributed by atoms with van der Waals surface area (Å²) in [6.45, 7) is 4.07. The first-order valence-corrected chi connectivity index (χ1v) is 5.75. The van der Waals surface area contributed by atoms with Crippen molar-refractivity contribution in [1.29, 1.82) is 0 Å². The lowest BCUT2D eigenvalue weighted by molar-refractivity contribution is -0.126. The highest BCUT2D eigenvalue weighted by Gasteiger charge is 2.26. The van der Waals surface area contributed by atoms with Crippen molar-refractivity contribution < 1.29 is 9.90 Å². The molecule has 0 spiro atoms. The van der Waals surface area contributed by atoms with Crippen LogP contribution >= 0.6 is 0 Å². The van der Waals surface area contributed by atoms with Crippen molar-refractivity contribution in [1.82, 2.24) is 10.2 Å². The van der Waals surface area contributed by atoms with Crippen LogP contribution in [0.3, 0.4) is 0 Å². The number of aliphatic hydroxyl groups excluding tert-OH is 1. The first-order chi connectivity index (χ1) is 7.69. The topological polar surface area (TPSA) is 52.6 Å². The fourth-order valence-electron chi connectivity index (χ4n) is 2.05. The quantitative estimate of drug-likeness (QED) is 0.652. The molecule has 0 aromatic heterocycles. The summed E-state index contributed by atoms with van der Waals surface area (Å²) in [4.78, 5) is 13.8. The maximum atomic E-state index is 11.7. The van der Waals surface area contributed by atoms with Gasteiger partial charge in [-0.05, 0) is 32.2 Å². The number of piperidine rings is 1. The molecule has 1 fully saturated rings. The molecule has 0 aromatic carbocycles. The molecule has 0 radical (unpaired) electrons. The third kappa shape index (κ3) is 3.51. The summed E-state index contributed by atoms with van der Waals surface area (Å²) in [7, 11) is 0. The van der Waals surface area contributed by atoms with Gasteiger partial charge >= 0.3 is 0 Å². The zero-order valence-electron chi connectivity index (χ0n) is 9.78. The van der Waals surface area contributed by atoms with Gasteiger partial charge in [0, 0.05) is 13.2 Å². The Balaban J connectivity index is 2.43. The number of terminal acetylenes is 1. The van der Waals surface area contributed by atoms with E-state index in [1.54, 1.807) is 0 Å². The largest absolute Gasteiger partial charge is 0.396 e. The summed E-state index contributed by atoms with van der Waals surface area (Å²) in [6.07, 6.45) is 7.17. The average molecular weight is 224 g/mol. The molecule has 16 heavy (non-hydrogen) atoms. The van der Waals surface area contributed by atoms with E-state index in [2.05, 4.69) is 16.1 Å². The molecule has 2 atom stereocenters. The lowest BCUT2D eigenvalue weighted by Crippen LogP contribution is -2.49. The van der Waals surface area contributed by atoms with Crippen LogP contribution in [0.15, 0.2) is 0 Å². The molecule has 1 rings (SSSR count). The van der Waals surface area contributed by atoms with Crippen molar-refractivity contribution in [2.24, 2.45) is 5.92 Å². The van der Waals surface area contributed by atoms with E-state index >= 15 is 0 Å². The van der Waals surface area contributed by atoms with E-state index in [0.29, 0.717) is 5.92 Å². The van der Waals surface area contributed by atoms with Crippen LogP contribution in [0.4, 0.5) is 0 Å². The zero-order valence-corrected chi connectivity index (χ0v) is 9.78. The second kappa shape index (κ2) is 6.51. The van der Waals surface area contributed by atoms with E-state index in [9.17, 15) is 4.79 Å². The van der Waals surface area contributed by atoms with Gasteiger partial charge in [0.05, 0.1) is 12.6 Å². The van der Waals surface area contributed by atoms with Gasteiger partial charge in [-0.2, -0.15) is 0 Å². The van der Waals surface area contributed by atoms with E-state index in [0.717, 1.165) is 25.9 Å². The number of amides is 1. The Morgan fingerprint density at radius 3 is 3.12 bits per heavy atom. The first-order valence-electron chi connectivity index (χ1n) is 5.75. The van der Waals surface area contributed by atoms with Gasteiger partial charge in [-0.3, -0.25) is 9.69 Å². The summed E-state index contributed by atoms with van der Waals surface area (Å²) in [5.74, 6) is 2.66. The van der Waals surface area contributed by atoms with E-state index in [1.807, 2.05) is 6.92 Å². The zero-order chi connectivity index (χ0) is 12.0. The Morgan fingerprint density at radius 1 is 1.75 bits per heavy atom. The number of carbonyl (C=O) groups excluding carboxylic acids is 1. The smallest absolute Gasteiger partial charge is 0.237 e. The minimum atomic E-state index is -0.164. The summed E-state index contributed by atoms with van der Waals surface area (Å²) in [6, 6.07) is -0.164. The second-order valence-corrected chi connectivity index (χ2v) is 4.28. The number of nitrogens with zero attached hydrogens (tertiary/aromatic N) is 1. The summed E-state index contributed by atoms with van der Waals surface area (Å²) in [5, 5.41) is 11.8. The van der Waals surface area contributed by atoms with Crippen molar-refractivity contribution in [3.8, 4) is 12.3 Å². The van der Waals surface area contributed by atoms with Crippen molar-refractivity contribution in [2.45, 2.75) is 25.8 Å². The SMILES string of the molecule is C#CCNC(=O)C(C)N1CCCC(CO)C1. The number of nitrogens with one attached hydrogen (secondary N) is 1. The molecule has 0 saturated carbocycles. The lowest BCUT2D eigenvalue weighted by Gasteiger charge is -2.35. The number of carbonyl (C=O) groups is 1. The summed E-state index contributed by atoms with van der Waals surface area (Å²) in [5.41, 5.74) is 0. The van der Waals surface area contributed by atoms with Crippen molar-refractivity contribution >= 4 is 5.91 Å². The van der Waals surface area contributed by atoms with Crippen LogP contribution in [-0.4, -0.2) is 48.2 Å². The summed E-state index contributed by atoms with van der Waals surface area (Å²) >= 11 is 0. The average Bonchev–Trinajstić information content (AvgIpc) is 2.35. The molecule has 0 bridgehead atoms. The van der Waals surface area contributed by atoms with Crippen LogP contribution in [0.1, 0.15) is 19.8 Å². The molecule has 90 valence electrons. The number of hydrogen-bond donors (Lipinski definition) is 2. The third-order valence-corrected chi connectivity index (χ3v) is 3.10. The van der Waals surface area contributed by atoms with E-state index in [1.165, 1.54) is 0 Å². The Morgan fingerprint density at radius 2 is 2.50 bits per heavy atom. The normalized spacial score (nSPS) is 23.4. The molecule has 1 aliphatic rings. The Kier molecular flexibility index (Phi) is 5.30. The van der Waals surface area contributed by atoms with Gasteiger partial charge in [0.2, 0.25) is 5.91 Å². The van der Waals surface area contributed by atoms with Gasteiger partial charge < -0.3 is 10.4 Å². The Hall–Kier alpha value is -1.05. The minimum Gasteiger partial charge on any atom is -0.396 e. The third-order valence-electron chi connectivity index (χ3n) is 3.10. The molecule has 1 heterocycles. The van der Waals surface area contributed by atoms with Crippen LogP contribution in [0.2, 0.25) is 0 Å². The Bertz CT molecular complexity index is 273. The molecule has 4 nitrogen and oxygen atoms in total. The molecular weight excluding hydrogens is 204 g/mol. The molecular formula is C12H20N2O2. The highest BCUT2D eigenvalue weighted by Crippen LogP contribution is 2.17. The number of likely N-dealkylation sites (tertiary alicyclic amines) is 1. The molecule has 2 unspecified atom stereocenters. The van der Waals surface area contributed by atoms with Crippen molar-refractivity contribution in [3.05, 3.63) is 0 Å². The predicted octanol–water partition coefficient (Wildman–Crippen LogP) is -0.171. The fraction of sp³-hybridized carbons (Fsp3) is 0.750. The number of rotatable bonds is 4. The fourth-order valence-corrected chi connectivity index (χ4v) is 2.05. The Labute approximate surface area is 97.0 Å². The molecule has 1 aliphatic heterocycles. The highest BCUT2D eigenvalue weighted by molar-refractivity contribution is 5.81. The first kappa shape index (κ1) is 13.0. The van der Waals surface area contributed by atoms with Gasteiger partial charge in [-0.25, -0.2) is 0 Å². The molecule has 1 amide bonds. The summed E-state index contributed by atoms with van der Waals surface area (Å²) < 4.78 is 0. The van der Waals surface area contributed by atoms with Crippen LogP contribution in [0, 0.1) is 18.3 Å². The monoisotopic (exact) mass is 224 g/mol. The van der Waals surface area contributed by atoms with Gasteiger partial charge in [-0.1, -0.05) is 5.92 Å². The van der Waals surface area contributed by atoms with E-state index in [4.69, 9.17) is 11.5 Å². The maximum absolute atomic E-state index is 11.7. The van der Waals surface area contributed by atoms with Gasteiger partial charge in [0.25, 0.3) is 0 Å². The van der Waals surface area contributed by atoms with E-state index < -0.39 is 0 Å². The highest BCUT2D eigenvalue weighted by atomic mass is 16.3. The van der Waals surface area contributed by atoms with Crippen LogP contribution in [0.25, 0.3) is 0 Å². The molecule has 4 heteroatoms. The number of hydrogen-bond acceptors (Lipinski definition) is 3. The molecule has 1 saturated heterocycles. The standard InChI is InChI=1S/C12H20N2O2/c1-3-6-13-12(16)10(2)14-7-4-5-11(8-14)9-15/h1,10-11,15H,4-9H2,2H3,(H,13,16). The van der Waals surface area contributed by atoms with Gasteiger partial charge in [-0.15, -0.1) is 6.42 Å². The van der Waals surface area contributed by atoms with Crippen LogP contribution < -0.4 is 5.32 Å². The van der Waals surface area contributed by atoms with Crippen molar-refractivity contribution in [3.63, 3.8) is 0 Å². The van der Waals surface area contributed by atoms with Crippen LogP contribution in [0.5, 0.6) is 0 Å². The second-order valence-electron chi connectivity index (χ2n) is 4.28. The molecule has 0 aromatic rings. The number of aliphatic hydroxyl groups is 1. The van der Waals surface area contributed by atoms with Gasteiger partial charge in [0.1, 0.15) is 0 Å². The van der Waals surface area contributed by atoms with Crippen molar-refractivity contribution in [2.75, 3.05) is 26.2 Å². The molecule has 0 aliphatic carbocycles. The van der Waals surface area contributed by atoms with Crippen LogP contribution in [-0.2, 0) is 4.79 Å². The minimum absolute atomic E-state index is 0.0310. The lowest BCUT2D eigenvalue weighted by atomic mass is 9.97. The predicted molar refractivity (Wildman–Crippen MR) is 62.7 cm³/mol. The maximum Gasteiger partial charge on any atom is 0.237 e.